The van der Waals surface area contributed by atoms with Gasteiger partial charge in [0.1, 0.15) is 5.78 Å². The van der Waals surface area contributed by atoms with Gasteiger partial charge >= 0.3 is 0 Å². The van der Waals surface area contributed by atoms with Crippen molar-refractivity contribution in [3.05, 3.63) is 0 Å². The zero-order valence-corrected chi connectivity index (χ0v) is 18.9. The van der Waals surface area contributed by atoms with E-state index in [9.17, 15) is 14.7 Å². The maximum Gasteiger partial charge on any atom is 0.217 e. The lowest BCUT2D eigenvalue weighted by Gasteiger charge is -2.62. The van der Waals surface area contributed by atoms with Crippen LogP contribution in [0.1, 0.15) is 90.9 Å². The second kappa shape index (κ2) is 8.54. The number of nitrogens with two attached hydrogens (primary N) is 1. The molecule has 30 heavy (non-hydrogen) atoms. The molecule has 5 heteroatoms. The normalized spacial score (nSPS) is 45.5. The van der Waals surface area contributed by atoms with Gasteiger partial charge in [0.05, 0.1) is 12.2 Å². The first-order valence-corrected chi connectivity index (χ1v) is 12.4. The van der Waals surface area contributed by atoms with Gasteiger partial charge in [-0.15, -0.1) is 0 Å². The van der Waals surface area contributed by atoms with Gasteiger partial charge in [-0.2, -0.15) is 0 Å². The largest absolute Gasteiger partial charge is 0.393 e. The van der Waals surface area contributed by atoms with Gasteiger partial charge in [-0.25, -0.2) is 0 Å². The van der Waals surface area contributed by atoms with Gasteiger partial charge < -0.3 is 15.6 Å². The van der Waals surface area contributed by atoms with Gasteiger partial charge in [-0.05, 0) is 85.9 Å². The van der Waals surface area contributed by atoms with Crippen molar-refractivity contribution in [1.82, 2.24) is 0 Å². The Morgan fingerprint density at radius 3 is 2.70 bits per heavy atom. The first-order valence-electron chi connectivity index (χ1n) is 12.4. The summed E-state index contributed by atoms with van der Waals surface area (Å²) in [6.07, 6.45) is 11.0. The van der Waals surface area contributed by atoms with Crippen molar-refractivity contribution in [2.75, 3.05) is 6.61 Å². The fourth-order valence-electron chi connectivity index (χ4n) is 8.08. The summed E-state index contributed by atoms with van der Waals surface area (Å²) in [5, 5.41) is 10.9. The van der Waals surface area contributed by atoms with Crippen molar-refractivity contribution in [2.24, 2.45) is 40.2 Å². The van der Waals surface area contributed by atoms with Crippen molar-refractivity contribution in [3.63, 3.8) is 0 Å². The number of primary amides is 1. The second-order valence-corrected chi connectivity index (χ2v) is 11.3. The van der Waals surface area contributed by atoms with Crippen LogP contribution in [0, 0.1) is 34.5 Å². The third-order valence-corrected chi connectivity index (χ3v) is 9.74. The molecule has 0 aromatic carbocycles. The van der Waals surface area contributed by atoms with Gasteiger partial charge in [0, 0.05) is 25.9 Å². The number of carbonyl (C=O) groups is 2. The molecule has 0 spiro atoms. The van der Waals surface area contributed by atoms with E-state index >= 15 is 0 Å². The van der Waals surface area contributed by atoms with E-state index < -0.39 is 0 Å². The molecular weight excluding hydrogens is 378 g/mol. The first-order chi connectivity index (χ1) is 14.3. The van der Waals surface area contributed by atoms with Crippen LogP contribution in [0.3, 0.4) is 0 Å². The minimum absolute atomic E-state index is 0.0362. The second-order valence-electron chi connectivity index (χ2n) is 11.3. The van der Waals surface area contributed by atoms with Crippen LogP contribution >= 0.6 is 0 Å². The topological polar surface area (TPSA) is 89.6 Å². The lowest BCUT2D eigenvalue weighted by Crippen LogP contribution is -2.60. The first kappa shape index (κ1) is 22.3. The van der Waals surface area contributed by atoms with Gasteiger partial charge in [0.15, 0.2) is 0 Å². The van der Waals surface area contributed by atoms with Gasteiger partial charge in [0.25, 0.3) is 0 Å². The maximum absolute atomic E-state index is 12.2. The highest BCUT2D eigenvalue weighted by atomic mass is 16.5. The maximum atomic E-state index is 12.2. The van der Waals surface area contributed by atoms with Crippen LogP contribution in [0.4, 0.5) is 0 Å². The summed E-state index contributed by atoms with van der Waals surface area (Å²) in [7, 11) is 0. The van der Waals surface area contributed by atoms with Crippen molar-refractivity contribution in [3.8, 4) is 0 Å². The summed E-state index contributed by atoms with van der Waals surface area (Å²) < 4.78 is 6.61. The van der Waals surface area contributed by atoms with E-state index in [1.165, 1.54) is 6.42 Å². The highest BCUT2D eigenvalue weighted by Crippen LogP contribution is 2.66. The summed E-state index contributed by atoms with van der Waals surface area (Å²) in [5.41, 5.74) is 5.39. The molecule has 0 aromatic rings. The lowest BCUT2D eigenvalue weighted by molar-refractivity contribution is -0.192. The fourth-order valence-corrected chi connectivity index (χ4v) is 8.08. The third-order valence-electron chi connectivity index (χ3n) is 9.74. The predicted octanol–water partition coefficient (Wildman–Crippen LogP) is 4.00. The van der Waals surface area contributed by atoms with Crippen molar-refractivity contribution in [1.29, 1.82) is 0 Å². The van der Waals surface area contributed by atoms with Crippen LogP contribution in [-0.2, 0) is 14.3 Å². The Labute approximate surface area is 181 Å². The van der Waals surface area contributed by atoms with Crippen LogP contribution < -0.4 is 5.73 Å². The zero-order chi connectivity index (χ0) is 21.5. The van der Waals surface area contributed by atoms with Crippen LogP contribution in [0.25, 0.3) is 0 Å². The number of rotatable bonds is 7. The molecule has 170 valence electrons. The van der Waals surface area contributed by atoms with E-state index in [1.807, 2.05) is 0 Å². The van der Waals surface area contributed by atoms with Crippen molar-refractivity contribution in [2.45, 2.75) is 103 Å². The molecule has 0 aromatic heterocycles. The number of hydrogen-bond donors (Lipinski definition) is 2. The van der Waals surface area contributed by atoms with Gasteiger partial charge in [-0.1, -0.05) is 20.3 Å². The summed E-state index contributed by atoms with van der Waals surface area (Å²) in [5.74, 6) is 2.40. The smallest absolute Gasteiger partial charge is 0.217 e. The Hall–Kier alpha value is -0.940. The number of hydrogen-bond acceptors (Lipinski definition) is 4. The number of Topliss-reactive ketones (excluding diaryl/α,β-unsaturated/α-hetero) is 1. The summed E-state index contributed by atoms with van der Waals surface area (Å²) in [4.78, 5) is 23.1. The van der Waals surface area contributed by atoms with E-state index in [-0.39, 0.29) is 28.9 Å². The Bertz CT molecular complexity index is 666. The minimum Gasteiger partial charge on any atom is -0.393 e. The molecule has 0 aliphatic heterocycles. The number of carbonyl (C=O) groups excluding carboxylic acids is 2. The van der Waals surface area contributed by atoms with E-state index in [4.69, 9.17) is 10.5 Å². The van der Waals surface area contributed by atoms with Gasteiger partial charge in [-0.3, -0.25) is 9.59 Å². The van der Waals surface area contributed by atoms with E-state index in [1.54, 1.807) is 0 Å². The van der Waals surface area contributed by atoms with E-state index in [0.717, 1.165) is 64.2 Å². The third kappa shape index (κ3) is 3.85. The number of unbranched alkanes of at least 4 members (excludes halogenated alkanes) is 2. The molecular formula is C25H41NO4. The highest BCUT2D eigenvalue weighted by molar-refractivity contribution is 5.79. The molecule has 0 heterocycles. The Morgan fingerprint density at radius 1 is 1.13 bits per heavy atom. The molecule has 0 bridgehead atoms. The van der Waals surface area contributed by atoms with Crippen molar-refractivity contribution >= 4 is 11.7 Å². The summed E-state index contributed by atoms with van der Waals surface area (Å²) in [6, 6.07) is 0. The Morgan fingerprint density at radius 2 is 1.93 bits per heavy atom. The molecule has 3 N–H and O–H groups in total. The molecule has 1 amide bonds. The standard InChI is InChI=1S/C25H41NO4/c1-24-12-11-17(27)14-16(24)7-8-18-19-9-10-21(28)25(19,2)15-20(23(18)24)30-13-5-3-4-6-22(26)29/h16,18-21,23,28H,3-15H2,1-2H3,(H2,26,29)/t16?,18-,19-,20?,21?,23-,24-,25-/m0/s1. The number of amides is 1. The fraction of sp³-hybridized carbons (Fsp3) is 0.920. The molecule has 4 aliphatic rings. The molecule has 0 saturated heterocycles. The van der Waals surface area contributed by atoms with Crippen LogP contribution in [0.5, 0.6) is 0 Å². The minimum atomic E-state index is -0.228. The molecule has 4 rings (SSSR count). The number of fused-ring (bicyclic) bond motifs is 5. The highest BCUT2D eigenvalue weighted by Gasteiger charge is 2.63. The quantitative estimate of drug-likeness (QED) is 0.610. The van der Waals surface area contributed by atoms with Crippen molar-refractivity contribution < 1.29 is 19.4 Å². The Kier molecular flexibility index (Phi) is 6.33. The monoisotopic (exact) mass is 419 g/mol. The van der Waals surface area contributed by atoms with Crippen LogP contribution in [0.15, 0.2) is 0 Å². The average molecular weight is 420 g/mol. The van der Waals surface area contributed by atoms with E-state index in [0.29, 0.717) is 42.5 Å². The SMILES string of the molecule is C[C@]12CCC(=O)CC1CC[C@@H]1[C@H]2C(OCCCCCC(N)=O)C[C@]2(C)C(O)CC[C@@H]12. The summed E-state index contributed by atoms with van der Waals surface area (Å²) >= 11 is 0. The number of aliphatic hydroxyl groups is 1. The molecule has 4 aliphatic carbocycles. The number of aliphatic hydroxyl groups excluding tert-OH is 1. The molecule has 5 nitrogen and oxygen atoms in total. The lowest BCUT2D eigenvalue weighted by atomic mass is 9.44. The molecule has 8 atom stereocenters. The molecule has 4 saturated carbocycles. The molecule has 0 radical (unpaired) electrons. The molecule has 3 unspecified atom stereocenters. The molecule has 4 fully saturated rings. The van der Waals surface area contributed by atoms with Gasteiger partial charge in [0.2, 0.25) is 5.91 Å². The van der Waals surface area contributed by atoms with Crippen LogP contribution in [-0.4, -0.2) is 35.6 Å². The van der Waals surface area contributed by atoms with Crippen LogP contribution in [0.2, 0.25) is 0 Å². The average Bonchev–Trinajstić information content (AvgIpc) is 2.99. The summed E-state index contributed by atoms with van der Waals surface area (Å²) in [6.45, 7) is 5.45. The number of ether oxygens (including phenoxy) is 1. The predicted molar refractivity (Wildman–Crippen MR) is 116 cm³/mol. The Balaban J connectivity index is 1.50. The zero-order valence-electron chi connectivity index (χ0n) is 18.9. The number of ketones is 1. The van der Waals surface area contributed by atoms with E-state index in [2.05, 4.69) is 13.8 Å².